The molecule has 1 aromatic rings. The number of nitrogens with zero attached hydrogens (tertiary/aromatic N) is 2. The molecule has 0 unspecified atom stereocenters. The van der Waals surface area contributed by atoms with E-state index in [1.54, 1.807) is 32.3 Å². The maximum absolute atomic E-state index is 11.4. The molecule has 0 fully saturated rings. The predicted molar refractivity (Wildman–Crippen MR) is 49.9 cm³/mol. The van der Waals surface area contributed by atoms with E-state index in [-0.39, 0.29) is 11.6 Å². The Morgan fingerprint density at radius 1 is 1.38 bits per heavy atom. The molecule has 1 rings (SSSR count). The molecule has 0 N–H and O–H groups in total. The molecule has 0 aliphatic carbocycles. The van der Waals surface area contributed by atoms with Gasteiger partial charge in [0.1, 0.15) is 5.69 Å². The first-order valence-corrected chi connectivity index (χ1v) is 3.80. The van der Waals surface area contributed by atoms with E-state index in [1.165, 1.54) is 11.0 Å². The zero-order valence-electron chi connectivity index (χ0n) is 7.52. The normalized spacial score (nSPS) is 9.38. The van der Waals surface area contributed by atoms with Crippen molar-refractivity contribution >= 4 is 11.6 Å². The Morgan fingerprint density at radius 2 is 2.08 bits per heavy atom. The molecule has 4 nitrogen and oxygen atoms in total. The van der Waals surface area contributed by atoms with E-state index in [1.807, 2.05) is 0 Å². The summed E-state index contributed by atoms with van der Waals surface area (Å²) in [6, 6.07) is 6.30. The van der Waals surface area contributed by atoms with E-state index in [0.29, 0.717) is 5.56 Å². The highest BCUT2D eigenvalue weighted by atomic mass is 16.3. The minimum atomic E-state index is -0.134. The Balaban J connectivity index is 3.01. The van der Waals surface area contributed by atoms with Gasteiger partial charge in [0, 0.05) is 19.7 Å². The minimum absolute atomic E-state index is 0.134. The predicted octanol–water partition coefficient (Wildman–Crippen LogP) is 1.79. The summed E-state index contributed by atoms with van der Waals surface area (Å²) in [6.07, 6.45) is 0. The van der Waals surface area contributed by atoms with Crippen molar-refractivity contribution in [1.29, 1.82) is 0 Å². The van der Waals surface area contributed by atoms with Crippen LogP contribution in [0, 0.1) is 4.91 Å². The SMILES string of the molecule is CN(C)C(=O)c1cccc(N=O)c1. The summed E-state index contributed by atoms with van der Waals surface area (Å²) in [4.78, 5) is 23.0. The van der Waals surface area contributed by atoms with E-state index < -0.39 is 0 Å². The van der Waals surface area contributed by atoms with Crippen LogP contribution in [0.4, 0.5) is 5.69 Å². The van der Waals surface area contributed by atoms with Crippen LogP contribution in [0.15, 0.2) is 29.4 Å². The lowest BCUT2D eigenvalue weighted by molar-refractivity contribution is 0.0827. The van der Waals surface area contributed by atoms with E-state index in [4.69, 9.17) is 0 Å². The largest absolute Gasteiger partial charge is 0.345 e. The molecule has 13 heavy (non-hydrogen) atoms. The molecule has 0 bridgehead atoms. The standard InChI is InChI=1S/C9H10N2O2/c1-11(2)9(12)7-4-3-5-8(6-7)10-13/h3-6H,1-2H3. The number of hydrogen-bond donors (Lipinski definition) is 0. The molecule has 68 valence electrons. The molecule has 0 aliphatic rings. The van der Waals surface area contributed by atoms with E-state index in [9.17, 15) is 9.70 Å². The molecular formula is C9H10N2O2. The van der Waals surface area contributed by atoms with E-state index in [0.717, 1.165) is 0 Å². The summed E-state index contributed by atoms with van der Waals surface area (Å²) in [6.45, 7) is 0. The van der Waals surface area contributed by atoms with Crippen LogP contribution in [0.1, 0.15) is 10.4 Å². The van der Waals surface area contributed by atoms with Gasteiger partial charge in [0.05, 0.1) is 0 Å². The van der Waals surface area contributed by atoms with Crippen LogP contribution in [0.2, 0.25) is 0 Å². The monoisotopic (exact) mass is 178 g/mol. The Labute approximate surface area is 76.1 Å². The van der Waals surface area contributed by atoms with Gasteiger partial charge in [-0.1, -0.05) is 6.07 Å². The second-order valence-electron chi connectivity index (χ2n) is 2.84. The maximum atomic E-state index is 11.4. The summed E-state index contributed by atoms with van der Waals surface area (Å²) >= 11 is 0. The van der Waals surface area contributed by atoms with Crippen LogP contribution in [0.25, 0.3) is 0 Å². The molecule has 0 aliphatic heterocycles. The topological polar surface area (TPSA) is 49.7 Å². The third-order valence-corrected chi connectivity index (χ3v) is 1.60. The fourth-order valence-corrected chi connectivity index (χ4v) is 0.954. The number of nitroso groups, excluding NO2 is 1. The van der Waals surface area contributed by atoms with Crippen molar-refractivity contribution in [2.75, 3.05) is 14.1 Å². The first kappa shape index (κ1) is 9.38. The fourth-order valence-electron chi connectivity index (χ4n) is 0.954. The van der Waals surface area contributed by atoms with Gasteiger partial charge in [-0.15, -0.1) is 4.91 Å². The van der Waals surface area contributed by atoms with Crippen molar-refractivity contribution in [3.63, 3.8) is 0 Å². The van der Waals surface area contributed by atoms with Gasteiger partial charge in [-0.3, -0.25) is 4.79 Å². The highest BCUT2D eigenvalue weighted by Gasteiger charge is 2.07. The van der Waals surface area contributed by atoms with Crippen molar-refractivity contribution < 1.29 is 4.79 Å². The molecule has 0 saturated carbocycles. The molecule has 0 atom stereocenters. The van der Waals surface area contributed by atoms with Crippen molar-refractivity contribution in [3.05, 3.63) is 34.7 Å². The first-order valence-electron chi connectivity index (χ1n) is 3.80. The second-order valence-corrected chi connectivity index (χ2v) is 2.84. The molecular weight excluding hydrogens is 168 g/mol. The molecule has 0 radical (unpaired) electrons. The molecule has 1 aromatic carbocycles. The van der Waals surface area contributed by atoms with Crippen molar-refractivity contribution in [2.24, 2.45) is 5.18 Å². The van der Waals surface area contributed by atoms with Crippen molar-refractivity contribution in [2.45, 2.75) is 0 Å². The van der Waals surface area contributed by atoms with Gasteiger partial charge in [0.2, 0.25) is 0 Å². The summed E-state index contributed by atoms with van der Waals surface area (Å²) in [5.74, 6) is -0.134. The van der Waals surface area contributed by atoms with Crippen molar-refractivity contribution in [3.8, 4) is 0 Å². The summed E-state index contributed by atoms with van der Waals surface area (Å²) in [5.41, 5.74) is 0.745. The second kappa shape index (κ2) is 3.80. The smallest absolute Gasteiger partial charge is 0.253 e. The number of benzene rings is 1. The van der Waals surface area contributed by atoms with Crippen LogP contribution >= 0.6 is 0 Å². The molecule has 0 spiro atoms. The maximum Gasteiger partial charge on any atom is 0.253 e. The summed E-state index contributed by atoms with van der Waals surface area (Å²) in [7, 11) is 3.31. The lowest BCUT2D eigenvalue weighted by Crippen LogP contribution is -2.21. The first-order chi connectivity index (χ1) is 6.15. The van der Waals surface area contributed by atoms with Crippen LogP contribution in [0.3, 0.4) is 0 Å². The van der Waals surface area contributed by atoms with Gasteiger partial charge in [0.25, 0.3) is 5.91 Å². The van der Waals surface area contributed by atoms with E-state index in [2.05, 4.69) is 5.18 Å². The number of carbonyl (C=O) groups excluding carboxylic acids is 1. The Morgan fingerprint density at radius 3 is 2.62 bits per heavy atom. The molecule has 0 heterocycles. The third kappa shape index (κ3) is 2.11. The van der Waals surface area contributed by atoms with Crippen LogP contribution in [-0.4, -0.2) is 24.9 Å². The Bertz CT molecular complexity index is 334. The van der Waals surface area contributed by atoms with Crippen LogP contribution in [0.5, 0.6) is 0 Å². The molecule has 1 amide bonds. The zero-order valence-corrected chi connectivity index (χ0v) is 7.52. The van der Waals surface area contributed by atoms with Gasteiger partial charge in [-0.25, -0.2) is 0 Å². The quantitative estimate of drug-likeness (QED) is 0.648. The average molecular weight is 178 g/mol. The lowest BCUT2D eigenvalue weighted by Gasteiger charge is -2.09. The van der Waals surface area contributed by atoms with Crippen LogP contribution < -0.4 is 0 Å². The number of rotatable bonds is 2. The molecule has 4 heteroatoms. The van der Waals surface area contributed by atoms with E-state index >= 15 is 0 Å². The molecule has 0 aromatic heterocycles. The zero-order chi connectivity index (χ0) is 9.84. The Kier molecular flexibility index (Phi) is 2.74. The van der Waals surface area contributed by atoms with Crippen molar-refractivity contribution in [1.82, 2.24) is 4.90 Å². The van der Waals surface area contributed by atoms with Gasteiger partial charge in [-0.05, 0) is 23.4 Å². The highest BCUT2D eigenvalue weighted by Crippen LogP contribution is 2.14. The summed E-state index contributed by atoms with van der Waals surface area (Å²) in [5, 5.41) is 2.75. The average Bonchev–Trinajstić information content (AvgIpc) is 2.16. The third-order valence-electron chi connectivity index (χ3n) is 1.60. The van der Waals surface area contributed by atoms with Gasteiger partial charge >= 0.3 is 0 Å². The van der Waals surface area contributed by atoms with Gasteiger partial charge in [0.15, 0.2) is 0 Å². The van der Waals surface area contributed by atoms with Gasteiger partial charge in [-0.2, -0.15) is 0 Å². The summed E-state index contributed by atoms with van der Waals surface area (Å²) < 4.78 is 0. The Hall–Kier alpha value is -1.71. The molecule has 0 saturated heterocycles. The number of carbonyl (C=O) groups is 1. The van der Waals surface area contributed by atoms with Crippen LogP contribution in [-0.2, 0) is 0 Å². The lowest BCUT2D eigenvalue weighted by atomic mass is 10.2. The fraction of sp³-hybridized carbons (Fsp3) is 0.222. The van der Waals surface area contributed by atoms with Gasteiger partial charge < -0.3 is 4.90 Å². The number of amides is 1. The highest BCUT2D eigenvalue weighted by molar-refractivity contribution is 5.94. The minimum Gasteiger partial charge on any atom is -0.345 e. The number of hydrogen-bond acceptors (Lipinski definition) is 3.